The maximum atomic E-state index is 12.7. The first-order valence-electron chi connectivity index (χ1n) is 6.01. The van der Waals surface area contributed by atoms with E-state index in [0.29, 0.717) is 5.56 Å². The van der Waals surface area contributed by atoms with Gasteiger partial charge in [0.1, 0.15) is 12.0 Å². The molecule has 0 N–H and O–H groups in total. The fraction of sp³-hybridized carbons (Fsp3) is 0.455. The van der Waals surface area contributed by atoms with Crippen LogP contribution < -0.4 is 4.90 Å². The SMILES string of the molecule is Cc1cc([N+](=O)[O-])cnc1N1CC(CS(=O)(=O)F)CC1=O. The lowest BCUT2D eigenvalue weighted by Crippen LogP contribution is -2.27. The van der Waals surface area contributed by atoms with Crippen LogP contribution in [-0.2, 0) is 15.0 Å². The van der Waals surface area contributed by atoms with Gasteiger partial charge in [-0.3, -0.25) is 19.8 Å². The van der Waals surface area contributed by atoms with Crippen molar-refractivity contribution in [1.29, 1.82) is 0 Å². The Kier molecular flexibility index (Phi) is 3.90. The summed E-state index contributed by atoms with van der Waals surface area (Å²) in [6.45, 7) is 1.58. The largest absolute Gasteiger partial charge is 0.302 e. The molecule has 2 heterocycles. The van der Waals surface area contributed by atoms with Crippen molar-refractivity contribution < 1.29 is 22.0 Å². The van der Waals surface area contributed by atoms with Crippen LogP contribution >= 0.6 is 0 Å². The summed E-state index contributed by atoms with van der Waals surface area (Å²) in [7, 11) is -4.65. The molecular formula is C11H12FN3O5S. The summed E-state index contributed by atoms with van der Waals surface area (Å²) in [5.74, 6) is -1.53. The maximum absolute atomic E-state index is 12.7. The summed E-state index contributed by atoms with van der Waals surface area (Å²) in [6.07, 6.45) is 0.927. The van der Waals surface area contributed by atoms with E-state index in [4.69, 9.17) is 0 Å². The van der Waals surface area contributed by atoms with Crippen molar-refractivity contribution in [3.05, 3.63) is 27.9 Å². The smallest absolute Gasteiger partial charge is 0.296 e. The summed E-state index contributed by atoms with van der Waals surface area (Å²) in [5.41, 5.74) is 0.215. The highest BCUT2D eigenvalue weighted by Crippen LogP contribution is 2.28. The number of carbonyl (C=O) groups is 1. The molecule has 1 unspecified atom stereocenters. The number of pyridine rings is 1. The lowest BCUT2D eigenvalue weighted by molar-refractivity contribution is -0.385. The highest BCUT2D eigenvalue weighted by Gasteiger charge is 2.35. The summed E-state index contributed by atoms with van der Waals surface area (Å²) >= 11 is 0. The van der Waals surface area contributed by atoms with Gasteiger partial charge in [-0.25, -0.2) is 4.98 Å². The molecule has 1 fully saturated rings. The first-order valence-corrected chi connectivity index (χ1v) is 7.56. The van der Waals surface area contributed by atoms with E-state index in [1.165, 1.54) is 11.0 Å². The quantitative estimate of drug-likeness (QED) is 0.464. The Morgan fingerprint density at radius 1 is 1.57 bits per heavy atom. The number of hydrogen-bond donors (Lipinski definition) is 0. The minimum atomic E-state index is -4.65. The number of hydrogen-bond acceptors (Lipinski definition) is 6. The van der Waals surface area contributed by atoms with Crippen molar-refractivity contribution in [2.75, 3.05) is 17.2 Å². The molecular weight excluding hydrogens is 305 g/mol. The predicted octanol–water partition coefficient (Wildman–Crippen LogP) is 0.950. The second kappa shape index (κ2) is 5.35. The van der Waals surface area contributed by atoms with Crippen molar-refractivity contribution in [3.63, 3.8) is 0 Å². The molecule has 1 saturated heterocycles. The minimum Gasteiger partial charge on any atom is -0.296 e. The molecule has 0 saturated carbocycles. The van der Waals surface area contributed by atoms with Gasteiger partial charge in [0.15, 0.2) is 0 Å². The average molecular weight is 317 g/mol. The highest BCUT2D eigenvalue weighted by atomic mass is 32.3. The number of aromatic nitrogens is 1. The topological polar surface area (TPSA) is 110 Å². The molecule has 21 heavy (non-hydrogen) atoms. The Labute approximate surface area is 119 Å². The first kappa shape index (κ1) is 15.3. The van der Waals surface area contributed by atoms with Crippen molar-refractivity contribution in [2.45, 2.75) is 13.3 Å². The zero-order valence-corrected chi connectivity index (χ0v) is 11.8. The molecule has 8 nitrogen and oxygen atoms in total. The summed E-state index contributed by atoms with van der Waals surface area (Å²) in [5, 5.41) is 10.6. The van der Waals surface area contributed by atoms with Crippen molar-refractivity contribution >= 4 is 27.6 Å². The van der Waals surface area contributed by atoms with Crippen LogP contribution in [0.1, 0.15) is 12.0 Å². The second-order valence-corrected chi connectivity index (χ2v) is 6.28. The van der Waals surface area contributed by atoms with Gasteiger partial charge in [0.25, 0.3) is 5.69 Å². The standard InChI is InChI=1S/C11H12FN3O5S/c1-7-2-9(15(17)18)4-13-11(7)14-5-8(3-10(14)16)6-21(12,19)20/h2,4,8H,3,5-6H2,1H3. The first-order chi connectivity index (χ1) is 9.67. The fourth-order valence-electron chi connectivity index (χ4n) is 2.31. The van der Waals surface area contributed by atoms with Gasteiger partial charge in [-0.05, 0) is 12.5 Å². The molecule has 0 aliphatic carbocycles. The minimum absolute atomic E-state index is 0.0215. The average Bonchev–Trinajstić information content (AvgIpc) is 2.67. The van der Waals surface area contributed by atoms with Crippen LogP contribution in [0.2, 0.25) is 0 Å². The Balaban J connectivity index is 2.23. The van der Waals surface area contributed by atoms with Crippen LogP contribution in [0.3, 0.4) is 0 Å². The number of amides is 1. The van der Waals surface area contributed by atoms with Crippen LogP contribution in [0, 0.1) is 23.0 Å². The van der Waals surface area contributed by atoms with Gasteiger partial charge in [0, 0.05) is 24.9 Å². The van der Waals surface area contributed by atoms with E-state index in [1.54, 1.807) is 6.92 Å². The van der Waals surface area contributed by atoms with Crippen molar-refractivity contribution in [3.8, 4) is 0 Å². The molecule has 1 aromatic rings. The van der Waals surface area contributed by atoms with Crippen LogP contribution in [-0.4, -0.2) is 36.5 Å². The molecule has 0 bridgehead atoms. The third-order valence-corrected chi connectivity index (χ3v) is 4.01. The molecule has 0 spiro atoms. The van der Waals surface area contributed by atoms with Crippen molar-refractivity contribution in [2.24, 2.45) is 5.92 Å². The van der Waals surface area contributed by atoms with Gasteiger partial charge >= 0.3 is 10.2 Å². The molecule has 2 rings (SSSR count). The molecule has 1 atom stereocenters. The fourth-order valence-corrected chi connectivity index (χ4v) is 3.10. The van der Waals surface area contributed by atoms with E-state index < -0.39 is 26.8 Å². The molecule has 1 aromatic heterocycles. The highest BCUT2D eigenvalue weighted by molar-refractivity contribution is 7.86. The van der Waals surface area contributed by atoms with Gasteiger partial charge in [-0.15, -0.1) is 3.89 Å². The van der Waals surface area contributed by atoms with Crippen LogP contribution in [0.25, 0.3) is 0 Å². The number of rotatable bonds is 4. The Morgan fingerprint density at radius 2 is 2.24 bits per heavy atom. The van der Waals surface area contributed by atoms with Gasteiger partial charge in [0.05, 0.1) is 10.7 Å². The van der Waals surface area contributed by atoms with E-state index >= 15 is 0 Å². The molecule has 0 aromatic carbocycles. The normalized spacial score (nSPS) is 19.0. The molecule has 10 heteroatoms. The molecule has 1 aliphatic heterocycles. The number of anilines is 1. The third-order valence-electron chi connectivity index (χ3n) is 3.14. The maximum Gasteiger partial charge on any atom is 0.302 e. The van der Waals surface area contributed by atoms with Gasteiger partial charge in [-0.1, -0.05) is 0 Å². The lowest BCUT2D eigenvalue weighted by atomic mass is 10.1. The van der Waals surface area contributed by atoms with Gasteiger partial charge in [-0.2, -0.15) is 8.42 Å². The Bertz CT molecular complexity index is 706. The second-order valence-electron chi connectivity index (χ2n) is 4.87. The van der Waals surface area contributed by atoms with Gasteiger partial charge in [0.2, 0.25) is 5.91 Å². The lowest BCUT2D eigenvalue weighted by Gasteiger charge is -2.17. The van der Waals surface area contributed by atoms with Crippen LogP contribution in [0.4, 0.5) is 15.4 Å². The number of carbonyl (C=O) groups excluding carboxylic acids is 1. The summed E-state index contributed by atoms with van der Waals surface area (Å²) < 4.78 is 33.9. The van der Waals surface area contributed by atoms with E-state index in [2.05, 4.69) is 4.98 Å². The predicted molar refractivity (Wildman–Crippen MR) is 71.0 cm³/mol. The van der Waals surface area contributed by atoms with E-state index in [0.717, 1.165) is 6.20 Å². The van der Waals surface area contributed by atoms with Crippen LogP contribution in [0.5, 0.6) is 0 Å². The molecule has 1 aliphatic rings. The van der Waals surface area contributed by atoms with E-state index in [9.17, 15) is 27.2 Å². The zero-order chi connectivity index (χ0) is 15.8. The summed E-state index contributed by atoms with van der Waals surface area (Å²) in [6, 6.07) is 1.27. The molecule has 1 amide bonds. The van der Waals surface area contributed by atoms with E-state index in [-0.39, 0.29) is 30.4 Å². The number of nitrogens with zero attached hydrogens (tertiary/aromatic N) is 3. The van der Waals surface area contributed by atoms with Crippen LogP contribution in [0.15, 0.2) is 12.3 Å². The van der Waals surface area contributed by atoms with Crippen molar-refractivity contribution in [1.82, 2.24) is 4.98 Å². The molecule has 0 radical (unpaired) electrons. The number of nitro groups is 1. The van der Waals surface area contributed by atoms with Gasteiger partial charge < -0.3 is 0 Å². The number of aryl methyl sites for hydroxylation is 1. The number of halogens is 1. The Morgan fingerprint density at radius 3 is 2.76 bits per heavy atom. The summed E-state index contributed by atoms with van der Waals surface area (Å²) in [4.78, 5) is 27.0. The monoisotopic (exact) mass is 317 g/mol. The molecule has 114 valence electrons. The zero-order valence-electron chi connectivity index (χ0n) is 11.0. The third kappa shape index (κ3) is 3.51. The Hall–Kier alpha value is -2.10. The van der Waals surface area contributed by atoms with E-state index in [1.807, 2.05) is 0 Å².